The van der Waals surface area contributed by atoms with Gasteiger partial charge in [0.2, 0.25) is 11.8 Å². The number of rotatable bonds is 4. The molecule has 1 aromatic heterocycles. The van der Waals surface area contributed by atoms with Crippen molar-refractivity contribution < 1.29 is 9.59 Å². The summed E-state index contributed by atoms with van der Waals surface area (Å²) in [6.45, 7) is 3.02. The average Bonchev–Trinajstić information content (AvgIpc) is 3.10. The Kier molecular flexibility index (Phi) is 5.66. The molecule has 1 aliphatic heterocycles. The molecule has 0 bridgehead atoms. The Balaban J connectivity index is 1.52. The first-order valence-corrected chi connectivity index (χ1v) is 9.33. The van der Waals surface area contributed by atoms with Crippen LogP contribution in [0.5, 0.6) is 0 Å². The normalized spacial score (nSPS) is 15.5. The minimum atomic E-state index is -0.0732. The molecular weight excluding hydrogens is 332 g/mol. The first kappa shape index (κ1) is 17.4. The van der Waals surface area contributed by atoms with E-state index >= 15 is 0 Å². The summed E-state index contributed by atoms with van der Waals surface area (Å²) in [5.74, 6) is 0.0347. The monoisotopic (exact) mass is 354 g/mol. The number of hydrogen-bond acceptors (Lipinski definition) is 3. The molecule has 1 saturated heterocycles. The van der Waals surface area contributed by atoms with Crippen molar-refractivity contribution in [3.63, 3.8) is 0 Å². The van der Waals surface area contributed by atoms with E-state index in [2.05, 4.69) is 23.5 Å². The van der Waals surface area contributed by atoms with Gasteiger partial charge in [-0.25, -0.2) is 0 Å². The zero-order valence-corrected chi connectivity index (χ0v) is 15.1. The Bertz CT molecular complexity index is 759. The number of amides is 2. The number of likely N-dealkylation sites (tertiary alicyclic amines) is 1. The van der Waals surface area contributed by atoms with Crippen molar-refractivity contribution in [1.29, 1.82) is 0 Å². The molecular formula is C20H22N2O2S. The lowest BCUT2D eigenvalue weighted by atomic mass is 10.1. The van der Waals surface area contributed by atoms with Crippen molar-refractivity contribution in [3.05, 3.63) is 53.4 Å². The molecule has 1 aliphatic rings. The van der Waals surface area contributed by atoms with Crippen LogP contribution in [0.4, 0.5) is 0 Å². The van der Waals surface area contributed by atoms with Crippen molar-refractivity contribution in [2.75, 3.05) is 13.1 Å². The zero-order valence-electron chi connectivity index (χ0n) is 14.3. The molecule has 1 fully saturated rings. The molecule has 2 amide bonds. The van der Waals surface area contributed by atoms with Crippen LogP contribution in [0, 0.1) is 0 Å². The summed E-state index contributed by atoms with van der Waals surface area (Å²) in [5, 5.41) is 3.03. The van der Waals surface area contributed by atoms with Gasteiger partial charge in [-0.3, -0.25) is 9.59 Å². The van der Waals surface area contributed by atoms with Crippen LogP contribution in [0.2, 0.25) is 0 Å². The van der Waals surface area contributed by atoms with E-state index in [1.807, 2.05) is 35.2 Å². The minimum Gasteiger partial charge on any atom is -0.350 e. The van der Waals surface area contributed by atoms with Gasteiger partial charge in [-0.1, -0.05) is 30.3 Å². The maximum Gasteiger partial charge on any atom is 0.244 e. The molecule has 4 nitrogen and oxygen atoms in total. The second-order valence-corrected chi connectivity index (χ2v) is 7.31. The summed E-state index contributed by atoms with van der Waals surface area (Å²) >= 11 is 1.67. The molecule has 0 aliphatic carbocycles. The van der Waals surface area contributed by atoms with Gasteiger partial charge in [0.05, 0.1) is 0 Å². The third kappa shape index (κ3) is 4.79. The quantitative estimate of drug-likeness (QED) is 0.854. The van der Waals surface area contributed by atoms with Crippen LogP contribution in [0.15, 0.2) is 48.5 Å². The van der Waals surface area contributed by atoms with Crippen LogP contribution in [0.3, 0.4) is 0 Å². The van der Waals surface area contributed by atoms with Gasteiger partial charge in [-0.05, 0) is 36.6 Å². The largest absolute Gasteiger partial charge is 0.350 e. The van der Waals surface area contributed by atoms with Gasteiger partial charge >= 0.3 is 0 Å². The molecule has 1 N–H and O–H groups in total. The van der Waals surface area contributed by atoms with Crippen LogP contribution in [-0.4, -0.2) is 35.8 Å². The highest BCUT2D eigenvalue weighted by atomic mass is 32.1. The van der Waals surface area contributed by atoms with Crippen molar-refractivity contribution in [2.24, 2.45) is 0 Å². The summed E-state index contributed by atoms with van der Waals surface area (Å²) < 4.78 is 0. The summed E-state index contributed by atoms with van der Waals surface area (Å²) in [5.41, 5.74) is 1.19. The van der Waals surface area contributed by atoms with Crippen molar-refractivity contribution in [2.45, 2.75) is 25.8 Å². The molecule has 1 aromatic carbocycles. The van der Waals surface area contributed by atoms with Gasteiger partial charge in [-0.15, -0.1) is 11.3 Å². The molecule has 2 heterocycles. The number of nitrogens with one attached hydrogen (secondary N) is 1. The lowest BCUT2D eigenvalue weighted by Crippen LogP contribution is -2.45. The SMILES string of the molecule is CC(=O)N1CCC(NC(=O)C=Cc2ccc(-c3ccccc3)s2)CC1. The molecule has 5 heteroatoms. The fourth-order valence-corrected chi connectivity index (χ4v) is 3.86. The highest BCUT2D eigenvalue weighted by Gasteiger charge is 2.21. The fraction of sp³-hybridized carbons (Fsp3) is 0.300. The van der Waals surface area contributed by atoms with E-state index < -0.39 is 0 Å². The Labute approximate surface area is 152 Å². The van der Waals surface area contributed by atoms with Gasteiger partial charge < -0.3 is 10.2 Å². The smallest absolute Gasteiger partial charge is 0.244 e. The van der Waals surface area contributed by atoms with E-state index in [-0.39, 0.29) is 17.9 Å². The predicted molar refractivity (Wildman–Crippen MR) is 102 cm³/mol. The van der Waals surface area contributed by atoms with E-state index in [1.54, 1.807) is 24.3 Å². The van der Waals surface area contributed by atoms with E-state index in [1.165, 1.54) is 10.4 Å². The number of piperidine rings is 1. The highest BCUT2D eigenvalue weighted by molar-refractivity contribution is 7.16. The first-order chi connectivity index (χ1) is 12.1. The van der Waals surface area contributed by atoms with Gasteiger partial charge in [0.15, 0.2) is 0 Å². The van der Waals surface area contributed by atoms with Crippen LogP contribution >= 0.6 is 11.3 Å². The van der Waals surface area contributed by atoms with E-state index in [0.29, 0.717) is 0 Å². The zero-order chi connectivity index (χ0) is 17.6. The van der Waals surface area contributed by atoms with E-state index in [0.717, 1.165) is 30.8 Å². The molecule has 0 unspecified atom stereocenters. The molecule has 0 saturated carbocycles. The lowest BCUT2D eigenvalue weighted by molar-refractivity contribution is -0.129. The average molecular weight is 354 g/mol. The third-order valence-corrected chi connectivity index (χ3v) is 5.47. The Morgan fingerprint density at radius 2 is 1.84 bits per heavy atom. The summed E-state index contributed by atoms with van der Waals surface area (Å²) in [7, 11) is 0. The van der Waals surface area contributed by atoms with Crippen LogP contribution in [0.1, 0.15) is 24.6 Å². The molecule has 25 heavy (non-hydrogen) atoms. The summed E-state index contributed by atoms with van der Waals surface area (Å²) in [6.07, 6.45) is 5.09. The number of nitrogens with zero attached hydrogens (tertiary/aromatic N) is 1. The van der Waals surface area contributed by atoms with Gasteiger partial charge in [0.1, 0.15) is 0 Å². The molecule has 0 radical (unpaired) electrons. The number of thiophene rings is 1. The molecule has 130 valence electrons. The molecule has 2 aromatic rings. The van der Waals surface area contributed by atoms with Crippen molar-refractivity contribution >= 4 is 29.2 Å². The third-order valence-electron chi connectivity index (χ3n) is 4.37. The Morgan fingerprint density at radius 1 is 1.12 bits per heavy atom. The molecule has 3 rings (SSSR count). The van der Waals surface area contributed by atoms with Crippen LogP contribution in [0.25, 0.3) is 16.5 Å². The summed E-state index contributed by atoms with van der Waals surface area (Å²) in [4.78, 5) is 27.5. The second-order valence-electron chi connectivity index (χ2n) is 6.19. The fourth-order valence-electron chi connectivity index (χ4n) is 2.95. The van der Waals surface area contributed by atoms with E-state index in [9.17, 15) is 9.59 Å². The second kappa shape index (κ2) is 8.12. The van der Waals surface area contributed by atoms with Crippen LogP contribution in [-0.2, 0) is 9.59 Å². The molecule has 0 spiro atoms. The first-order valence-electron chi connectivity index (χ1n) is 8.51. The Morgan fingerprint density at radius 3 is 2.52 bits per heavy atom. The standard InChI is InChI=1S/C20H22N2O2S/c1-15(23)22-13-11-17(12-14-22)21-20(24)10-8-18-7-9-19(25-18)16-5-3-2-4-6-16/h2-10,17H,11-14H2,1H3,(H,21,24). The lowest BCUT2D eigenvalue weighted by Gasteiger charge is -2.31. The maximum absolute atomic E-state index is 12.1. The van der Waals surface area contributed by atoms with Crippen molar-refractivity contribution in [3.8, 4) is 10.4 Å². The number of hydrogen-bond donors (Lipinski definition) is 1. The predicted octanol–water partition coefficient (Wildman–Crippen LogP) is 3.56. The number of carbonyl (C=O) groups is 2. The van der Waals surface area contributed by atoms with Gasteiger partial charge in [0, 0.05) is 41.9 Å². The molecule has 0 atom stereocenters. The van der Waals surface area contributed by atoms with Crippen molar-refractivity contribution in [1.82, 2.24) is 10.2 Å². The van der Waals surface area contributed by atoms with E-state index in [4.69, 9.17) is 0 Å². The Hall–Kier alpha value is -2.40. The number of carbonyl (C=O) groups excluding carboxylic acids is 2. The summed E-state index contributed by atoms with van der Waals surface area (Å²) in [6, 6.07) is 14.5. The van der Waals surface area contributed by atoms with Gasteiger partial charge in [0.25, 0.3) is 0 Å². The maximum atomic E-state index is 12.1. The highest BCUT2D eigenvalue weighted by Crippen LogP contribution is 2.28. The minimum absolute atomic E-state index is 0.0732. The van der Waals surface area contributed by atoms with Crippen LogP contribution < -0.4 is 5.32 Å². The number of benzene rings is 1. The topological polar surface area (TPSA) is 49.4 Å². The van der Waals surface area contributed by atoms with Gasteiger partial charge in [-0.2, -0.15) is 0 Å².